The van der Waals surface area contributed by atoms with Crippen LogP contribution in [0.5, 0.6) is 0 Å². The molecular weight excluding hydrogens is 345 g/mol. The highest BCUT2D eigenvalue weighted by molar-refractivity contribution is 5.85. The minimum Gasteiger partial charge on any atom is -0.339 e. The van der Waals surface area contributed by atoms with Crippen molar-refractivity contribution < 1.29 is 4.79 Å². The molecule has 0 bridgehead atoms. The van der Waals surface area contributed by atoms with Crippen LogP contribution < -0.4 is 5.32 Å². The zero-order valence-electron chi connectivity index (χ0n) is 13.9. The number of piperazine rings is 1. The Morgan fingerprint density at radius 3 is 2.29 bits per heavy atom. The number of amides is 1. The Bertz CT molecular complexity index is 557. The Kier molecular flexibility index (Phi) is 6.93. The molecule has 0 aromatic heterocycles. The highest BCUT2D eigenvalue weighted by Gasteiger charge is 2.32. The van der Waals surface area contributed by atoms with Crippen LogP contribution in [0.2, 0.25) is 0 Å². The third-order valence-corrected chi connectivity index (χ3v) is 5.60. The lowest BCUT2D eigenvalue weighted by Crippen LogP contribution is -2.57. The molecule has 1 unspecified atom stereocenters. The smallest absolute Gasteiger partial charge is 0.240 e. The summed E-state index contributed by atoms with van der Waals surface area (Å²) < 4.78 is 0. The number of hydrogen-bond acceptors (Lipinski definition) is 3. The van der Waals surface area contributed by atoms with E-state index in [0.717, 1.165) is 45.2 Å². The molecule has 1 aromatic carbocycles. The van der Waals surface area contributed by atoms with Crippen LogP contribution in [0.3, 0.4) is 0 Å². The first-order chi connectivity index (χ1) is 10.8. The number of fused-ring (bicyclic) bond motifs is 1. The normalized spacial score (nSPS) is 24.2. The molecule has 1 atom stereocenters. The molecule has 0 spiro atoms. The molecule has 2 aliphatic heterocycles. The maximum atomic E-state index is 12.8. The zero-order valence-corrected chi connectivity index (χ0v) is 15.6. The molecule has 1 saturated heterocycles. The van der Waals surface area contributed by atoms with Crippen molar-refractivity contribution in [2.24, 2.45) is 0 Å². The molecule has 4 nitrogen and oxygen atoms in total. The van der Waals surface area contributed by atoms with Crippen molar-refractivity contribution in [1.82, 2.24) is 15.1 Å². The number of halogens is 2. The molecule has 2 heterocycles. The van der Waals surface area contributed by atoms with Crippen LogP contribution in [0.1, 0.15) is 30.4 Å². The molecule has 1 saturated carbocycles. The van der Waals surface area contributed by atoms with E-state index in [0.29, 0.717) is 5.91 Å². The summed E-state index contributed by atoms with van der Waals surface area (Å²) in [5.41, 5.74) is 2.66. The van der Waals surface area contributed by atoms with E-state index in [1.807, 2.05) is 0 Å². The molecule has 1 N–H and O–H groups in total. The number of nitrogens with one attached hydrogen (secondary N) is 1. The lowest BCUT2D eigenvalue weighted by molar-refractivity contribution is -0.136. The minimum absolute atomic E-state index is 0. The average Bonchev–Trinajstić information content (AvgIpc) is 2.53. The standard InChI is InChI=1S/C18H25N3O.2ClH/c22-18(17-12-14-4-1-2-5-15(14)13-19-17)21-10-8-20(9-11-21)16-6-3-7-16;;/h1-2,4-5,16-17,19H,3,6-13H2;2*1H. The molecule has 1 aliphatic carbocycles. The molecule has 6 heteroatoms. The second-order valence-corrected chi connectivity index (χ2v) is 6.85. The highest BCUT2D eigenvalue weighted by atomic mass is 35.5. The van der Waals surface area contributed by atoms with E-state index in [1.165, 1.54) is 30.4 Å². The van der Waals surface area contributed by atoms with Gasteiger partial charge in [-0.25, -0.2) is 0 Å². The fraction of sp³-hybridized carbons (Fsp3) is 0.611. The first-order valence-corrected chi connectivity index (χ1v) is 8.64. The number of carbonyl (C=O) groups is 1. The fourth-order valence-corrected chi connectivity index (χ4v) is 3.91. The first-order valence-electron chi connectivity index (χ1n) is 8.64. The van der Waals surface area contributed by atoms with E-state index in [2.05, 4.69) is 39.4 Å². The SMILES string of the molecule is Cl.Cl.O=C(C1Cc2ccccc2CN1)N1CCN(C2CCC2)CC1. The first kappa shape index (κ1) is 19.5. The number of nitrogens with zero attached hydrogens (tertiary/aromatic N) is 2. The van der Waals surface area contributed by atoms with Gasteiger partial charge in [-0.2, -0.15) is 0 Å². The number of benzene rings is 1. The van der Waals surface area contributed by atoms with Gasteiger partial charge < -0.3 is 10.2 Å². The van der Waals surface area contributed by atoms with Crippen LogP contribution in [0.15, 0.2) is 24.3 Å². The van der Waals surface area contributed by atoms with Crippen molar-refractivity contribution in [1.29, 1.82) is 0 Å². The van der Waals surface area contributed by atoms with Gasteiger partial charge in [-0.15, -0.1) is 24.8 Å². The molecular formula is C18H27Cl2N3O. The van der Waals surface area contributed by atoms with Crippen molar-refractivity contribution in [3.8, 4) is 0 Å². The van der Waals surface area contributed by atoms with Gasteiger partial charge in [-0.05, 0) is 30.4 Å². The third-order valence-electron chi connectivity index (χ3n) is 5.60. The second-order valence-electron chi connectivity index (χ2n) is 6.85. The van der Waals surface area contributed by atoms with Gasteiger partial charge in [0.2, 0.25) is 5.91 Å². The Labute approximate surface area is 156 Å². The van der Waals surface area contributed by atoms with Crippen molar-refractivity contribution in [2.75, 3.05) is 26.2 Å². The Balaban J connectivity index is 0.00000104. The van der Waals surface area contributed by atoms with Gasteiger partial charge in [0.15, 0.2) is 0 Å². The number of carbonyl (C=O) groups excluding carboxylic acids is 1. The van der Waals surface area contributed by atoms with Crippen molar-refractivity contribution in [3.05, 3.63) is 35.4 Å². The topological polar surface area (TPSA) is 35.6 Å². The molecule has 0 radical (unpaired) electrons. The predicted molar refractivity (Wildman–Crippen MR) is 101 cm³/mol. The maximum Gasteiger partial charge on any atom is 0.240 e. The summed E-state index contributed by atoms with van der Waals surface area (Å²) in [5, 5.41) is 3.42. The van der Waals surface area contributed by atoms with Crippen molar-refractivity contribution >= 4 is 30.7 Å². The van der Waals surface area contributed by atoms with Gasteiger partial charge in [0.05, 0.1) is 6.04 Å². The summed E-state index contributed by atoms with van der Waals surface area (Å²) in [6.07, 6.45) is 4.93. The molecule has 2 fully saturated rings. The van der Waals surface area contributed by atoms with Gasteiger partial charge in [0.25, 0.3) is 0 Å². The van der Waals surface area contributed by atoms with Crippen molar-refractivity contribution in [2.45, 2.75) is 44.3 Å². The lowest BCUT2D eigenvalue weighted by atomic mass is 9.91. The van der Waals surface area contributed by atoms with Crippen LogP contribution in [0.25, 0.3) is 0 Å². The summed E-state index contributed by atoms with van der Waals surface area (Å²) >= 11 is 0. The quantitative estimate of drug-likeness (QED) is 0.865. The Hall–Kier alpha value is -0.810. The van der Waals surface area contributed by atoms with E-state index in [1.54, 1.807) is 0 Å². The van der Waals surface area contributed by atoms with Crippen LogP contribution in [0, 0.1) is 0 Å². The number of hydrogen-bond donors (Lipinski definition) is 1. The Morgan fingerprint density at radius 2 is 1.67 bits per heavy atom. The van der Waals surface area contributed by atoms with Crippen LogP contribution >= 0.6 is 24.8 Å². The van der Waals surface area contributed by atoms with E-state index in [4.69, 9.17) is 0 Å². The third kappa shape index (κ3) is 3.88. The molecule has 24 heavy (non-hydrogen) atoms. The van der Waals surface area contributed by atoms with Gasteiger partial charge in [-0.1, -0.05) is 30.7 Å². The average molecular weight is 372 g/mol. The molecule has 4 rings (SSSR count). The van der Waals surface area contributed by atoms with Gasteiger partial charge in [0, 0.05) is 38.8 Å². The van der Waals surface area contributed by atoms with Crippen LogP contribution in [0.4, 0.5) is 0 Å². The summed E-state index contributed by atoms with van der Waals surface area (Å²) in [7, 11) is 0. The van der Waals surface area contributed by atoms with Crippen LogP contribution in [-0.4, -0.2) is 54.0 Å². The summed E-state index contributed by atoms with van der Waals surface area (Å²) in [5.74, 6) is 0.294. The summed E-state index contributed by atoms with van der Waals surface area (Å²) in [4.78, 5) is 17.4. The molecule has 3 aliphatic rings. The monoisotopic (exact) mass is 371 g/mol. The minimum atomic E-state index is -0.0369. The fourth-order valence-electron chi connectivity index (χ4n) is 3.91. The van der Waals surface area contributed by atoms with Gasteiger partial charge in [0.1, 0.15) is 0 Å². The van der Waals surface area contributed by atoms with E-state index in [9.17, 15) is 4.79 Å². The maximum absolute atomic E-state index is 12.8. The number of rotatable bonds is 2. The second kappa shape index (κ2) is 8.52. The van der Waals surface area contributed by atoms with E-state index < -0.39 is 0 Å². The van der Waals surface area contributed by atoms with E-state index in [-0.39, 0.29) is 30.9 Å². The molecule has 1 amide bonds. The highest BCUT2D eigenvalue weighted by Crippen LogP contribution is 2.26. The van der Waals surface area contributed by atoms with Gasteiger partial charge >= 0.3 is 0 Å². The summed E-state index contributed by atoms with van der Waals surface area (Å²) in [6, 6.07) is 9.22. The lowest BCUT2D eigenvalue weighted by Gasteiger charge is -2.43. The van der Waals surface area contributed by atoms with Gasteiger partial charge in [-0.3, -0.25) is 9.69 Å². The largest absolute Gasteiger partial charge is 0.339 e. The van der Waals surface area contributed by atoms with E-state index >= 15 is 0 Å². The predicted octanol–water partition coefficient (Wildman–Crippen LogP) is 2.24. The van der Waals surface area contributed by atoms with Crippen molar-refractivity contribution in [3.63, 3.8) is 0 Å². The van der Waals surface area contributed by atoms with Crippen LogP contribution in [-0.2, 0) is 17.8 Å². The zero-order chi connectivity index (χ0) is 14.9. The molecule has 134 valence electrons. The Morgan fingerprint density at radius 1 is 1.00 bits per heavy atom. The summed E-state index contributed by atoms with van der Waals surface area (Å²) in [6.45, 7) is 4.72. The molecule has 1 aromatic rings.